The van der Waals surface area contributed by atoms with Gasteiger partial charge in [-0.1, -0.05) is 0 Å². The molecule has 4 aliphatic rings. The second-order valence-corrected chi connectivity index (χ2v) is 8.44. The second-order valence-electron chi connectivity index (χ2n) is 8.44. The molecule has 5 heteroatoms. The summed E-state index contributed by atoms with van der Waals surface area (Å²) in [5.74, 6) is 4.11. The molecule has 0 spiro atoms. The Labute approximate surface area is 161 Å². The molecular weight excluding hydrogens is 342 g/mol. The molecule has 1 aromatic carbocycles. The van der Waals surface area contributed by atoms with E-state index < -0.39 is 0 Å². The first-order valence-corrected chi connectivity index (χ1v) is 9.85. The van der Waals surface area contributed by atoms with Gasteiger partial charge in [-0.25, -0.2) is 0 Å². The third kappa shape index (κ3) is 3.40. The summed E-state index contributed by atoms with van der Waals surface area (Å²) in [6.45, 7) is 0. The predicted octanol–water partition coefficient (Wildman–Crippen LogP) is 3.81. The van der Waals surface area contributed by atoms with Gasteiger partial charge in [0, 0.05) is 17.2 Å². The normalized spacial score (nSPS) is 31.1. The summed E-state index contributed by atoms with van der Waals surface area (Å²) in [6, 6.07) is 3.69. The van der Waals surface area contributed by atoms with Gasteiger partial charge in [0.1, 0.15) is 0 Å². The molecule has 1 amide bonds. The van der Waals surface area contributed by atoms with Crippen molar-refractivity contribution in [3.8, 4) is 17.2 Å². The molecule has 5 nitrogen and oxygen atoms in total. The maximum atomic E-state index is 12.7. The Morgan fingerprint density at radius 3 is 2.07 bits per heavy atom. The standard InChI is InChI=1S/C22H29NO4/c1-25-18-6-4-17(20(26-2)21(18)27-3)5-7-19(24)23-22-11-14-8-15(12-22)10-16(9-14)13-22/h4-7,14-16H,8-13H2,1-3H3,(H,23,24). The molecule has 0 saturated heterocycles. The maximum absolute atomic E-state index is 12.7. The molecule has 4 bridgehead atoms. The van der Waals surface area contributed by atoms with Gasteiger partial charge in [0.25, 0.3) is 0 Å². The van der Waals surface area contributed by atoms with Crippen molar-refractivity contribution < 1.29 is 19.0 Å². The molecule has 0 heterocycles. The number of methoxy groups -OCH3 is 3. The number of nitrogens with one attached hydrogen (secondary N) is 1. The zero-order chi connectivity index (χ0) is 19.0. The van der Waals surface area contributed by atoms with E-state index in [9.17, 15) is 4.79 Å². The number of ether oxygens (including phenoxy) is 3. The van der Waals surface area contributed by atoms with Gasteiger partial charge < -0.3 is 19.5 Å². The van der Waals surface area contributed by atoms with Crippen LogP contribution in [0.3, 0.4) is 0 Å². The number of rotatable bonds is 6. The average molecular weight is 371 g/mol. The Morgan fingerprint density at radius 1 is 0.963 bits per heavy atom. The van der Waals surface area contributed by atoms with E-state index in [-0.39, 0.29) is 11.4 Å². The van der Waals surface area contributed by atoms with E-state index >= 15 is 0 Å². The Kier molecular flexibility index (Phi) is 4.79. The molecule has 146 valence electrons. The number of hydrogen-bond acceptors (Lipinski definition) is 4. The van der Waals surface area contributed by atoms with Crippen molar-refractivity contribution in [1.29, 1.82) is 0 Å². The highest BCUT2D eigenvalue weighted by molar-refractivity contribution is 5.93. The van der Waals surface area contributed by atoms with Crippen molar-refractivity contribution >= 4 is 12.0 Å². The zero-order valence-electron chi connectivity index (χ0n) is 16.4. The minimum atomic E-state index is -0.0196. The van der Waals surface area contributed by atoms with Gasteiger partial charge >= 0.3 is 0 Å². The summed E-state index contributed by atoms with van der Waals surface area (Å²) in [5.41, 5.74) is 0.813. The Balaban J connectivity index is 1.49. The molecule has 0 aliphatic heterocycles. The highest BCUT2D eigenvalue weighted by atomic mass is 16.5. The Morgan fingerprint density at radius 2 is 1.56 bits per heavy atom. The first kappa shape index (κ1) is 18.2. The summed E-state index contributed by atoms with van der Waals surface area (Å²) >= 11 is 0. The van der Waals surface area contributed by atoms with Crippen molar-refractivity contribution in [3.05, 3.63) is 23.8 Å². The van der Waals surface area contributed by atoms with Crippen molar-refractivity contribution in [3.63, 3.8) is 0 Å². The third-order valence-corrected chi connectivity index (χ3v) is 6.58. The van der Waals surface area contributed by atoms with E-state index in [1.807, 2.05) is 12.1 Å². The van der Waals surface area contributed by atoms with Crippen LogP contribution in [0.2, 0.25) is 0 Å². The van der Waals surface area contributed by atoms with Gasteiger partial charge in [-0.05, 0) is 74.5 Å². The molecule has 4 fully saturated rings. The number of benzene rings is 1. The van der Waals surface area contributed by atoms with Crippen LogP contribution in [-0.2, 0) is 4.79 Å². The molecule has 0 radical (unpaired) electrons. The molecule has 0 unspecified atom stereocenters. The molecule has 5 rings (SSSR count). The molecule has 4 aliphatic carbocycles. The van der Waals surface area contributed by atoms with E-state index in [4.69, 9.17) is 14.2 Å². The lowest BCUT2D eigenvalue weighted by Crippen LogP contribution is -2.59. The first-order valence-electron chi connectivity index (χ1n) is 9.85. The molecule has 0 aromatic heterocycles. The van der Waals surface area contributed by atoms with Crippen LogP contribution in [0.1, 0.15) is 44.1 Å². The van der Waals surface area contributed by atoms with Crippen LogP contribution >= 0.6 is 0 Å². The molecule has 0 atom stereocenters. The third-order valence-electron chi connectivity index (χ3n) is 6.58. The smallest absolute Gasteiger partial charge is 0.244 e. The molecule has 27 heavy (non-hydrogen) atoms. The van der Waals surface area contributed by atoms with E-state index in [1.54, 1.807) is 33.5 Å². The molecule has 1 N–H and O–H groups in total. The first-order chi connectivity index (χ1) is 13.1. The van der Waals surface area contributed by atoms with Gasteiger partial charge in [-0.3, -0.25) is 4.79 Å². The summed E-state index contributed by atoms with van der Waals surface area (Å²) in [6.07, 6.45) is 11.0. The van der Waals surface area contributed by atoms with E-state index in [1.165, 1.54) is 19.3 Å². The number of carbonyl (C=O) groups is 1. The highest BCUT2D eigenvalue weighted by Crippen LogP contribution is 2.55. The average Bonchev–Trinajstić information content (AvgIpc) is 2.63. The van der Waals surface area contributed by atoms with Crippen molar-refractivity contribution in [2.75, 3.05) is 21.3 Å². The lowest BCUT2D eigenvalue weighted by Gasteiger charge is -2.56. The number of carbonyl (C=O) groups excluding carboxylic acids is 1. The topological polar surface area (TPSA) is 56.8 Å². The fraction of sp³-hybridized carbons (Fsp3) is 0.591. The SMILES string of the molecule is COc1ccc(C=CC(=O)NC23CC4CC(CC(C4)C2)C3)c(OC)c1OC. The fourth-order valence-corrected chi connectivity index (χ4v) is 5.99. The lowest BCUT2D eigenvalue weighted by atomic mass is 9.53. The van der Waals surface area contributed by atoms with Crippen LogP contribution in [0.15, 0.2) is 18.2 Å². The van der Waals surface area contributed by atoms with Crippen molar-refractivity contribution in [2.45, 2.75) is 44.1 Å². The van der Waals surface area contributed by atoms with Crippen LogP contribution in [-0.4, -0.2) is 32.8 Å². The lowest BCUT2D eigenvalue weighted by molar-refractivity contribution is -0.122. The maximum Gasteiger partial charge on any atom is 0.244 e. The summed E-state index contributed by atoms with van der Waals surface area (Å²) < 4.78 is 16.2. The highest BCUT2D eigenvalue weighted by Gasteiger charge is 2.51. The monoisotopic (exact) mass is 371 g/mol. The van der Waals surface area contributed by atoms with Crippen LogP contribution < -0.4 is 19.5 Å². The predicted molar refractivity (Wildman–Crippen MR) is 104 cm³/mol. The molecular formula is C22H29NO4. The Bertz CT molecular complexity index is 720. The van der Waals surface area contributed by atoms with E-state index in [0.29, 0.717) is 17.2 Å². The van der Waals surface area contributed by atoms with Gasteiger partial charge in [-0.2, -0.15) is 0 Å². The zero-order valence-corrected chi connectivity index (χ0v) is 16.4. The van der Waals surface area contributed by atoms with Crippen LogP contribution in [0, 0.1) is 17.8 Å². The van der Waals surface area contributed by atoms with Crippen LogP contribution in [0.4, 0.5) is 0 Å². The number of hydrogen-bond donors (Lipinski definition) is 1. The quantitative estimate of drug-likeness (QED) is 0.773. The summed E-state index contributed by atoms with van der Waals surface area (Å²) in [5, 5.41) is 3.36. The van der Waals surface area contributed by atoms with Gasteiger partial charge in [-0.15, -0.1) is 0 Å². The number of amides is 1. The van der Waals surface area contributed by atoms with Crippen LogP contribution in [0.5, 0.6) is 17.2 Å². The summed E-state index contributed by atoms with van der Waals surface area (Å²) in [7, 11) is 4.75. The largest absolute Gasteiger partial charge is 0.493 e. The molecule has 1 aromatic rings. The van der Waals surface area contributed by atoms with E-state index in [2.05, 4.69) is 5.32 Å². The molecule has 4 saturated carbocycles. The van der Waals surface area contributed by atoms with E-state index in [0.717, 1.165) is 42.6 Å². The second kappa shape index (κ2) is 7.10. The van der Waals surface area contributed by atoms with Gasteiger partial charge in [0.15, 0.2) is 11.5 Å². The van der Waals surface area contributed by atoms with Crippen molar-refractivity contribution in [1.82, 2.24) is 5.32 Å². The Hall–Kier alpha value is -2.17. The van der Waals surface area contributed by atoms with Gasteiger partial charge in [0.05, 0.1) is 21.3 Å². The minimum Gasteiger partial charge on any atom is -0.493 e. The summed E-state index contributed by atoms with van der Waals surface area (Å²) in [4.78, 5) is 12.7. The fourth-order valence-electron chi connectivity index (χ4n) is 5.99. The minimum absolute atomic E-state index is 0.0196. The van der Waals surface area contributed by atoms with Crippen molar-refractivity contribution in [2.24, 2.45) is 17.8 Å². The van der Waals surface area contributed by atoms with Crippen LogP contribution in [0.25, 0.3) is 6.08 Å². The van der Waals surface area contributed by atoms with Gasteiger partial charge in [0.2, 0.25) is 11.7 Å².